The third kappa shape index (κ3) is 4.92. The van der Waals surface area contributed by atoms with E-state index in [9.17, 15) is 14.0 Å². The first-order valence-electron chi connectivity index (χ1n) is 10.5. The third-order valence-corrected chi connectivity index (χ3v) is 5.87. The van der Waals surface area contributed by atoms with Crippen molar-refractivity contribution in [2.24, 2.45) is 5.73 Å². The number of ether oxygens (including phenoxy) is 1. The lowest BCUT2D eigenvalue weighted by molar-refractivity contribution is -0.0738. The Morgan fingerprint density at radius 3 is 2.35 bits per heavy atom. The van der Waals surface area contributed by atoms with E-state index in [-0.39, 0.29) is 24.9 Å². The van der Waals surface area contributed by atoms with E-state index in [4.69, 9.17) is 10.5 Å². The second kappa shape index (κ2) is 9.55. The molecule has 0 aliphatic carbocycles. The van der Waals surface area contributed by atoms with E-state index in [1.54, 1.807) is 41.3 Å². The quantitative estimate of drug-likeness (QED) is 0.716. The van der Waals surface area contributed by atoms with E-state index in [0.29, 0.717) is 30.4 Å². The number of carbonyl (C=O) groups excluding carboxylic acids is 2. The largest absolute Gasteiger partial charge is 0.378 e. The number of amides is 2. The second-order valence-electron chi connectivity index (χ2n) is 7.89. The number of anilines is 1. The molecule has 7 nitrogen and oxygen atoms in total. The Bertz CT molecular complexity index is 925. The number of hydrogen-bond acceptors (Lipinski definition) is 5. The number of hydrogen-bond donors (Lipinski definition) is 1. The molecule has 0 aromatic heterocycles. The zero-order chi connectivity index (χ0) is 21.8. The van der Waals surface area contributed by atoms with Crippen LogP contribution in [0.1, 0.15) is 15.9 Å². The molecule has 2 amide bonds. The number of nitrogens with zero attached hydrogens (tertiary/aromatic N) is 3. The van der Waals surface area contributed by atoms with E-state index >= 15 is 0 Å². The van der Waals surface area contributed by atoms with Crippen molar-refractivity contribution >= 4 is 17.5 Å². The minimum absolute atomic E-state index is 0.0494. The summed E-state index contributed by atoms with van der Waals surface area (Å²) in [5.74, 6) is -0.534. The van der Waals surface area contributed by atoms with Crippen molar-refractivity contribution in [3.05, 3.63) is 65.5 Å². The van der Waals surface area contributed by atoms with Gasteiger partial charge < -0.3 is 15.4 Å². The molecule has 0 spiro atoms. The molecule has 2 aromatic rings. The van der Waals surface area contributed by atoms with Crippen LogP contribution < -0.4 is 10.6 Å². The molecule has 2 aliphatic heterocycles. The normalized spacial score (nSPS) is 17.3. The van der Waals surface area contributed by atoms with Crippen LogP contribution in [0, 0.1) is 5.82 Å². The summed E-state index contributed by atoms with van der Waals surface area (Å²) in [6, 6.07) is 13.4. The van der Waals surface area contributed by atoms with Gasteiger partial charge in [-0.05, 0) is 23.8 Å². The van der Waals surface area contributed by atoms with Crippen LogP contribution in [0.5, 0.6) is 0 Å². The zero-order valence-electron chi connectivity index (χ0n) is 17.4. The highest BCUT2D eigenvalue weighted by atomic mass is 19.1. The molecule has 2 aliphatic rings. The number of carbonyl (C=O) groups is 2. The second-order valence-corrected chi connectivity index (χ2v) is 7.89. The third-order valence-electron chi connectivity index (χ3n) is 5.87. The number of nitrogens with two attached hydrogens (primary N) is 1. The molecule has 0 unspecified atom stereocenters. The fourth-order valence-electron chi connectivity index (χ4n) is 3.89. The molecule has 2 N–H and O–H groups in total. The van der Waals surface area contributed by atoms with Gasteiger partial charge >= 0.3 is 6.03 Å². The predicted octanol–water partition coefficient (Wildman–Crippen LogP) is 2.11. The number of urea groups is 1. The van der Waals surface area contributed by atoms with Crippen LogP contribution >= 0.6 is 0 Å². The lowest BCUT2D eigenvalue weighted by Gasteiger charge is -2.43. The number of benzene rings is 2. The highest BCUT2D eigenvalue weighted by Crippen LogP contribution is 2.22. The average Bonchev–Trinajstić information content (AvgIpc) is 2.76. The summed E-state index contributed by atoms with van der Waals surface area (Å²) in [4.78, 5) is 30.9. The maximum atomic E-state index is 13.9. The molecular formula is C23H27FN4O3. The first kappa shape index (κ1) is 21.4. The smallest absolute Gasteiger partial charge is 0.324 e. The SMILES string of the molecule is NCC(=O)c1ccc(CN(C(=O)N2CCN(C3COC3)CC2)c2cccc(F)c2)cc1. The van der Waals surface area contributed by atoms with E-state index in [1.165, 1.54) is 12.1 Å². The minimum atomic E-state index is -0.394. The number of Topliss-reactive ketones (excluding diaryl/α,β-unsaturated/α-hetero) is 1. The molecular weight excluding hydrogens is 399 g/mol. The van der Waals surface area contributed by atoms with Crippen LogP contribution in [-0.4, -0.2) is 73.6 Å². The topological polar surface area (TPSA) is 79.1 Å². The fraction of sp³-hybridized carbons (Fsp3) is 0.391. The Balaban J connectivity index is 1.50. The van der Waals surface area contributed by atoms with E-state index < -0.39 is 5.82 Å². The lowest BCUT2D eigenvalue weighted by atomic mass is 10.1. The first-order valence-corrected chi connectivity index (χ1v) is 10.5. The highest BCUT2D eigenvalue weighted by Gasteiger charge is 2.32. The van der Waals surface area contributed by atoms with E-state index in [2.05, 4.69) is 4.90 Å². The van der Waals surface area contributed by atoms with Crippen LogP contribution in [0.2, 0.25) is 0 Å². The zero-order valence-corrected chi connectivity index (χ0v) is 17.4. The van der Waals surface area contributed by atoms with Gasteiger partial charge in [0.05, 0.1) is 32.3 Å². The van der Waals surface area contributed by atoms with Gasteiger partial charge in [0.1, 0.15) is 5.82 Å². The summed E-state index contributed by atoms with van der Waals surface area (Å²) in [6.45, 7) is 4.57. The van der Waals surface area contributed by atoms with Gasteiger partial charge in [0, 0.05) is 37.4 Å². The molecule has 2 aromatic carbocycles. The van der Waals surface area contributed by atoms with E-state index in [1.807, 2.05) is 4.90 Å². The Kier molecular flexibility index (Phi) is 6.60. The molecule has 31 heavy (non-hydrogen) atoms. The summed E-state index contributed by atoms with van der Waals surface area (Å²) in [7, 11) is 0. The van der Waals surface area contributed by atoms with Crippen molar-refractivity contribution in [1.82, 2.24) is 9.80 Å². The Morgan fingerprint density at radius 2 is 1.77 bits per heavy atom. The van der Waals surface area contributed by atoms with Gasteiger partial charge in [-0.25, -0.2) is 9.18 Å². The first-order chi connectivity index (χ1) is 15.0. The lowest BCUT2D eigenvalue weighted by Crippen LogP contribution is -2.59. The molecule has 2 saturated heterocycles. The van der Waals surface area contributed by atoms with Gasteiger partial charge in [0.25, 0.3) is 0 Å². The molecule has 4 rings (SSSR count). The minimum Gasteiger partial charge on any atom is -0.378 e. The van der Waals surface area contributed by atoms with Crippen LogP contribution in [-0.2, 0) is 11.3 Å². The van der Waals surface area contributed by atoms with Crippen LogP contribution in [0.3, 0.4) is 0 Å². The van der Waals surface area contributed by atoms with Crippen molar-refractivity contribution in [1.29, 1.82) is 0 Å². The predicted molar refractivity (Wildman–Crippen MR) is 116 cm³/mol. The average molecular weight is 426 g/mol. The van der Waals surface area contributed by atoms with Gasteiger partial charge in [-0.3, -0.25) is 14.6 Å². The van der Waals surface area contributed by atoms with Crippen molar-refractivity contribution in [2.45, 2.75) is 12.6 Å². The molecule has 164 valence electrons. The summed E-state index contributed by atoms with van der Waals surface area (Å²) >= 11 is 0. The van der Waals surface area contributed by atoms with Gasteiger partial charge in [0.2, 0.25) is 0 Å². The summed E-state index contributed by atoms with van der Waals surface area (Å²) in [5.41, 5.74) is 7.30. The van der Waals surface area contributed by atoms with Gasteiger partial charge in [-0.1, -0.05) is 30.3 Å². The van der Waals surface area contributed by atoms with Crippen molar-refractivity contribution in [2.75, 3.05) is 50.8 Å². The van der Waals surface area contributed by atoms with Crippen molar-refractivity contribution in [3.63, 3.8) is 0 Å². The molecule has 0 saturated carbocycles. The number of piperazine rings is 1. The fourth-order valence-corrected chi connectivity index (χ4v) is 3.89. The van der Waals surface area contributed by atoms with Gasteiger partial charge in [-0.2, -0.15) is 0 Å². The van der Waals surface area contributed by atoms with Crippen LogP contribution in [0.4, 0.5) is 14.9 Å². The number of halogens is 1. The van der Waals surface area contributed by atoms with Crippen LogP contribution in [0.25, 0.3) is 0 Å². The molecule has 0 radical (unpaired) electrons. The Labute approximate surface area is 181 Å². The molecule has 2 heterocycles. The van der Waals surface area contributed by atoms with Crippen molar-refractivity contribution in [3.8, 4) is 0 Å². The molecule has 0 atom stereocenters. The highest BCUT2D eigenvalue weighted by molar-refractivity contribution is 5.97. The van der Waals surface area contributed by atoms with E-state index in [0.717, 1.165) is 31.9 Å². The van der Waals surface area contributed by atoms with Gasteiger partial charge in [0.15, 0.2) is 5.78 Å². The van der Waals surface area contributed by atoms with Crippen LogP contribution in [0.15, 0.2) is 48.5 Å². The van der Waals surface area contributed by atoms with Crippen molar-refractivity contribution < 1.29 is 18.7 Å². The molecule has 8 heteroatoms. The Hall–Kier alpha value is -2.81. The summed E-state index contributed by atoms with van der Waals surface area (Å²) in [6.07, 6.45) is 0. The number of rotatable bonds is 6. The monoisotopic (exact) mass is 426 g/mol. The number of ketones is 1. The summed E-state index contributed by atoms with van der Waals surface area (Å²) in [5, 5.41) is 0. The molecule has 2 fully saturated rings. The van der Waals surface area contributed by atoms with Gasteiger partial charge in [-0.15, -0.1) is 0 Å². The molecule has 0 bridgehead atoms. The maximum absolute atomic E-state index is 13.9. The summed E-state index contributed by atoms with van der Waals surface area (Å²) < 4.78 is 19.2. The maximum Gasteiger partial charge on any atom is 0.324 e. The standard InChI is InChI=1S/C23H27FN4O3/c24-19-2-1-3-20(12-19)28(14-17-4-6-18(7-5-17)22(29)13-25)23(30)27-10-8-26(9-11-27)21-15-31-16-21/h1-7,12,21H,8-11,13-16,25H2. The Morgan fingerprint density at radius 1 is 1.06 bits per heavy atom.